The van der Waals surface area contributed by atoms with Crippen molar-refractivity contribution in [2.75, 3.05) is 0 Å². The largest absolute Gasteiger partial charge is 0.462 e. The molecular formula is C34H36O4SSi. The molecule has 1 unspecified atom stereocenters. The molecule has 0 radical (unpaired) electrons. The van der Waals surface area contributed by atoms with Crippen molar-refractivity contribution < 1.29 is 19.1 Å². The molecule has 0 amide bonds. The molecule has 2 heterocycles. The van der Waals surface area contributed by atoms with Gasteiger partial charge in [0.05, 0.1) is 18.6 Å². The molecule has 1 saturated carbocycles. The predicted octanol–water partition coefficient (Wildman–Crippen LogP) is 6.39. The summed E-state index contributed by atoms with van der Waals surface area (Å²) in [5, 5.41) is 14.4. The van der Waals surface area contributed by atoms with Gasteiger partial charge < -0.3 is 14.3 Å². The van der Waals surface area contributed by atoms with Crippen molar-refractivity contribution in [3.8, 4) is 0 Å². The molecule has 206 valence electrons. The molecule has 1 aliphatic heterocycles. The van der Waals surface area contributed by atoms with Crippen molar-refractivity contribution >= 4 is 46.1 Å². The Balaban J connectivity index is 1.48. The molecule has 6 rings (SSSR count). The minimum Gasteiger partial charge on any atom is -0.462 e. The zero-order chi connectivity index (χ0) is 27.9. The average Bonchev–Trinajstić information content (AvgIpc) is 3.61. The lowest BCUT2D eigenvalue weighted by Gasteiger charge is -2.44. The Labute approximate surface area is 241 Å². The third-order valence-electron chi connectivity index (χ3n) is 8.53. The number of hydrogen-bond donors (Lipinski definition) is 1. The van der Waals surface area contributed by atoms with E-state index in [1.807, 2.05) is 0 Å². The van der Waals surface area contributed by atoms with E-state index in [2.05, 4.69) is 124 Å². The lowest BCUT2D eigenvalue weighted by molar-refractivity contribution is -0.141. The minimum absolute atomic E-state index is 0.00896. The molecule has 1 N–H and O–H groups in total. The Hall–Kier alpha value is -3.03. The number of ether oxygens (including phenoxy) is 1. The number of carbonyl (C=O) groups excluding carboxylic acids is 1. The SMILES string of the molecule is CC(C)(C)[Si](OC(C=C[C@@H]1[C@H]2CC(=O)O[C@H]2C[C@H]1O)c1cc2ccccc2s1)(c1ccccc1)c1ccccc1. The number of rotatable bonds is 7. The highest BCUT2D eigenvalue weighted by molar-refractivity contribution is 7.19. The van der Waals surface area contributed by atoms with Crippen LogP contribution in [0, 0.1) is 11.8 Å². The van der Waals surface area contributed by atoms with Gasteiger partial charge >= 0.3 is 5.97 Å². The maximum Gasteiger partial charge on any atom is 0.306 e. The van der Waals surface area contributed by atoms with Crippen molar-refractivity contribution in [2.45, 2.75) is 57.0 Å². The summed E-state index contributed by atoms with van der Waals surface area (Å²) in [5.41, 5.74) is 0. The van der Waals surface area contributed by atoms with Gasteiger partial charge in [-0.2, -0.15) is 0 Å². The molecule has 0 spiro atoms. The van der Waals surface area contributed by atoms with Crippen molar-refractivity contribution in [1.29, 1.82) is 0 Å². The fourth-order valence-corrected chi connectivity index (χ4v) is 12.4. The molecule has 4 nitrogen and oxygen atoms in total. The minimum atomic E-state index is -2.86. The highest BCUT2D eigenvalue weighted by Gasteiger charge is 2.52. The topological polar surface area (TPSA) is 55.8 Å². The zero-order valence-corrected chi connectivity index (χ0v) is 25.0. The molecule has 5 atom stereocenters. The van der Waals surface area contributed by atoms with Crippen molar-refractivity contribution in [3.05, 3.63) is 108 Å². The van der Waals surface area contributed by atoms with Crippen LogP contribution in [0.3, 0.4) is 0 Å². The van der Waals surface area contributed by atoms with Crippen LogP contribution in [0.4, 0.5) is 0 Å². The van der Waals surface area contributed by atoms with E-state index in [9.17, 15) is 9.90 Å². The van der Waals surface area contributed by atoms with Gasteiger partial charge in [0.1, 0.15) is 6.10 Å². The third kappa shape index (κ3) is 4.88. The molecule has 6 heteroatoms. The molecule has 1 aliphatic carbocycles. The van der Waals surface area contributed by atoms with Crippen LogP contribution < -0.4 is 10.4 Å². The van der Waals surface area contributed by atoms with Crippen LogP contribution in [-0.4, -0.2) is 31.6 Å². The van der Waals surface area contributed by atoms with Gasteiger partial charge in [0.25, 0.3) is 8.32 Å². The van der Waals surface area contributed by atoms with E-state index in [-0.39, 0.29) is 35.1 Å². The molecule has 4 aromatic rings. The van der Waals surface area contributed by atoms with Gasteiger partial charge in [-0.25, -0.2) is 0 Å². The van der Waals surface area contributed by atoms with Crippen LogP contribution in [-0.2, 0) is 14.0 Å². The zero-order valence-electron chi connectivity index (χ0n) is 23.2. The number of aliphatic hydroxyl groups excluding tert-OH is 1. The first kappa shape index (κ1) is 27.2. The normalized spacial score (nSPS) is 23.9. The maximum atomic E-state index is 12.0. The smallest absolute Gasteiger partial charge is 0.306 e. The summed E-state index contributed by atoms with van der Waals surface area (Å²) in [5.74, 6) is -0.296. The predicted molar refractivity (Wildman–Crippen MR) is 165 cm³/mol. The van der Waals surface area contributed by atoms with Crippen LogP contribution in [0.2, 0.25) is 5.04 Å². The molecular weight excluding hydrogens is 533 g/mol. The lowest BCUT2D eigenvalue weighted by Crippen LogP contribution is -2.66. The van der Waals surface area contributed by atoms with Crippen LogP contribution in [0.15, 0.2) is 103 Å². The van der Waals surface area contributed by atoms with Gasteiger partial charge in [0.2, 0.25) is 0 Å². The van der Waals surface area contributed by atoms with E-state index in [4.69, 9.17) is 9.16 Å². The standard InChI is InChI=1S/C34H36O4SSi/c1-34(2,3)40(24-13-6-4-7-14-24,25-15-8-5-9-16-25)38-29(32-20-23-12-10-11-17-31(23)39-32)19-18-26-27-21-33(36)37-30(27)22-28(26)35/h4-20,26-30,35H,21-22H2,1-3H3/t26-,27-,28-,29?,30+/m1/s1. The number of fused-ring (bicyclic) bond motifs is 2. The fraction of sp³-hybridized carbons (Fsp3) is 0.324. The second-order valence-electron chi connectivity index (χ2n) is 12.0. The highest BCUT2D eigenvalue weighted by Crippen LogP contribution is 2.45. The Bertz CT molecular complexity index is 1430. The number of benzene rings is 3. The van der Waals surface area contributed by atoms with Gasteiger partial charge in [0.15, 0.2) is 0 Å². The fourth-order valence-electron chi connectivity index (χ4n) is 6.63. The highest BCUT2D eigenvalue weighted by atomic mass is 32.1. The summed E-state index contributed by atoms with van der Waals surface area (Å²) in [6.07, 6.45) is 4.04. The van der Waals surface area contributed by atoms with E-state index in [0.717, 1.165) is 4.88 Å². The lowest BCUT2D eigenvalue weighted by atomic mass is 9.91. The Kier molecular flexibility index (Phi) is 7.30. The van der Waals surface area contributed by atoms with Crippen LogP contribution in [0.25, 0.3) is 10.1 Å². The molecule has 1 aromatic heterocycles. The summed E-state index contributed by atoms with van der Waals surface area (Å²) in [4.78, 5) is 13.2. The second-order valence-corrected chi connectivity index (χ2v) is 17.4. The first-order chi connectivity index (χ1) is 19.3. The summed E-state index contributed by atoms with van der Waals surface area (Å²) >= 11 is 1.75. The quantitative estimate of drug-likeness (QED) is 0.160. The molecule has 3 aromatic carbocycles. The average molecular weight is 569 g/mol. The van der Waals surface area contributed by atoms with Crippen LogP contribution in [0.5, 0.6) is 0 Å². The number of esters is 1. The molecule has 2 aliphatic rings. The van der Waals surface area contributed by atoms with E-state index < -0.39 is 14.4 Å². The van der Waals surface area contributed by atoms with Gasteiger partial charge in [-0.15, -0.1) is 11.3 Å². The first-order valence-electron chi connectivity index (χ1n) is 14.1. The van der Waals surface area contributed by atoms with E-state index in [0.29, 0.717) is 12.8 Å². The van der Waals surface area contributed by atoms with Crippen LogP contribution >= 0.6 is 11.3 Å². The van der Waals surface area contributed by atoms with Crippen LogP contribution in [0.1, 0.15) is 44.6 Å². The second kappa shape index (κ2) is 10.7. The Morgan fingerprint density at radius 1 is 0.975 bits per heavy atom. The van der Waals surface area contributed by atoms with Crippen molar-refractivity contribution in [1.82, 2.24) is 0 Å². The van der Waals surface area contributed by atoms with Gasteiger partial charge in [0, 0.05) is 27.8 Å². The monoisotopic (exact) mass is 568 g/mol. The molecule has 0 bridgehead atoms. The van der Waals surface area contributed by atoms with Gasteiger partial charge in [-0.05, 0) is 32.9 Å². The third-order valence-corrected chi connectivity index (χ3v) is 14.7. The molecule has 2 fully saturated rings. The molecule has 1 saturated heterocycles. The first-order valence-corrected chi connectivity index (χ1v) is 16.8. The van der Waals surface area contributed by atoms with Gasteiger partial charge in [-0.1, -0.05) is 112 Å². The van der Waals surface area contributed by atoms with E-state index in [1.165, 1.54) is 20.5 Å². The summed E-state index contributed by atoms with van der Waals surface area (Å²) in [7, 11) is -2.86. The Morgan fingerprint density at radius 2 is 1.60 bits per heavy atom. The number of hydrogen-bond acceptors (Lipinski definition) is 5. The molecule has 40 heavy (non-hydrogen) atoms. The van der Waals surface area contributed by atoms with Crippen molar-refractivity contribution in [3.63, 3.8) is 0 Å². The van der Waals surface area contributed by atoms with Gasteiger partial charge in [-0.3, -0.25) is 4.79 Å². The maximum absolute atomic E-state index is 12.0. The Morgan fingerprint density at radius 3 is 2.23 bits per heavy atom. The number of aliphatic hydroxyl groups is 1. The summed E-state index contributed by atoms with van der Waals surface area (Å²) in [6.45, 7) is 6.87. The summed E-state index contributed by atoms with van der Waals surface area (Å²) in [6, 6.07) is 32.0. The van der Waals surface area contributed by atoms with Crippen molar-refractivity contribution in [2.24, 2.45) is 11.8 Å². The number of thiophene rings is 1. The number of carbonyl (C=O) groups is 1. The summed E-state index contributed by atoms with van der Waals surface area (Å²) < 4.78 is 14.3. The van der Waals surface area contributed by atoms with E-state index >= 15 is 0 Å². The van der Waals surface area contributed by atoms with E-state index in [1.54, 1.807) is 11.3 Å².